The van der Waals surface area contributed by atoms with Gasteiger partial charge >= 0.3 is 0 Å². The number of rotatable bonds is 3. The van der Waals surface area contributed by atoms with Gasteiger partial charge in [0.15, 0.2) is 5.69 Å². The summed E-state index contributed by atoms with van der Waals surface area (Å²) in [6.07, 6.45) is 1.61. The molecule has 0 saturated carbocycles. The lowest BCUT2D eigenvalue weighted by Gasteiger charge is -2.26. The van der Waals surface area contributed by atoms with Crippen LogP contribution in [0.4, 0.5) is 4.39 Å². The highest BCUT2D eigenvalue weighted by Gasteiger charge is 2.20. The minimum Gasteiger partial charge on any atom is -0.335 e. The Balaban J connectivity index is 0.00000176. The van der Waals surface area contributed by atoms with Crippen molar-refractivity contribution in [1.82, 2.24) is 25.2 Å². The molecule has 1 aromatic heterocycles. The Morgan fingerprint density at radius 3 is 2.82 bits per heavy atom. The number of carbonyl (C=O) groups is 1. The van der Waals surface area contributed by atoms with Crippen LogP contribution in [0.5, 0.6) is 0 Å². The van der Waals surface area contributed by atoms with Gasteiger partial charge in [-0.15, -0.1) is 17.5 Å². The zero-order valence-corrected chi connectivity index (χ0v) is 12.7. The molecule has 118 valence electrons. The Bertz CT molecular complexity index is 642. The summed E-state index contributed by atoms with van der Waals surface area (Å²) < 4.78 is 14.7. The van der Waals surface area contributed by atoms with Crippen LogP contribution in [0.15, 0.2) is 30.5 Å². The fourth-order valence-corrected chi connectivity index (χ4v) is 2.33. The smallest absolute Gasteiger partial charge is 0.276 e. The number of piperazine rings is 1. The molecule has 22 heavy (non-hydrogen) atoms. The zero-order valence-electron chi connectivity index (χ0n) is 11.9. The van der Waals surface area contributed by atoms with Crippen LogP contribution in [0.25, 0.3) is 0 Å². The summed E-state index contributed by atoms with van der Waals surface area (Å²) in [4.78, 5) is 14.0. The lowest BCUT2D eigenvalue weighted by molar-refractivity contribution is 0.0729. The van der Waals surface area contributed by atoms with E-state index >= 15 is 0 Å². The Morgan fingerprint density at radius 2 is 2.09 bits per heavy atom. The van der Waals surface area contributed by atoms with Gasteiger partial charge in [0.25, 0.3) is 5.91 Å². The monoisotopic (exact) mass is 325 g/mol. The van der Waals surface area contributed by atoms with E-state index in [4.69, 9.17) is 0 Å². The van der Waals surface area contributed by atoms with Crippen molar-refractivity contribution in [3.05, 3.63) is 47.5 Å². The Labute approximate surface area is 133 Å². The molecule has 1 N–H and O–H groups in total. The fourth-order valence-electron chi connectivity index (χ4n) is 2.33. The second-order valence-corrected chi connectivity index (χ2v) is 4.97. The number of hydrogen-bond acceptors (Lipinski definition) is 4. The Hall–Kier alpha value is -1.99. The van der Waals surface area contributed by atoms with Crippen LogP contribution in [0, 0.1) is 5.82 Å². The van der Waals surface area contributed by atoms with Gasteiger partial charge in [-0.05, 0) is 17.7 Å². The molecule has 0 spiro atoms. The number of nitrogens with one attached hydrogen (secondary N) is 1. The van der Waals surface area contributed by atoms with Crippen LogP contribution < -0.4 is 5.32 Å². The van der Waals surface area contributed by atoms with E-state index in [1.807, 2.05) is 6.07 Å². The first-order chi connectivity index (χ1) is 10.2. The molecule has 2 aromatic rings. The molecule has 1 saturated heterocycles. The number of aromatic nitrogens is 3. The molecule has 0 unspecified atom stereocenters. The summed E-state index contributed by atoms with van der Waals surface area (Å²) in [6, 6.07) is 6.29. The van der Waals surface area contributed by atoms with Crippen molar-refractivity contribution in [3.8, 4) is 0 Å². The average molecular weight is 326 g/mol. The Kier molecular flexibility index (Phi) is 5.46. The van der Waals surface area contributed by atoms with Crippen LogP contribution in [0.1, 0.15) is 16.1 Å². The molecule has 2 heterocycles. The second kappa shape index (κ2) is 7.33. The van der Waals surface area contributed by atoms with Gasteiger partial charge in [-0.25, -0.2) is 9.07 Å². The standard InChI is InChI=1S/C14H16FN5O.ClH/c15-12-3-1-2-11(8-12)9-20-10-13(17-18-20)14(21)19-6-4-16-5-7-19;/h1-3,8,10,16H,4-7,9H2;1H. The first-order valence-electron chi connectivity index (χ1n) is 6.87. The highest BCUT2D eigenvalue weighted by Crippen LogP contribution is 2.07. The average Bonchev–Trinajstić information content (AvgIpc) is 2.96. The van der Waals surface area contributed by atoms with Crippen molar-refractivity contribution in [3.63, 3.8) is 0 Å². The number of nitrogens with zero attached hydrogens (tertiary/aromatic N) is 4. The molecule has 1 aromatic carbocycles. The van der Waals surface area contributed by atoms with Gasteiger partial charge in [0, 0.05) is 26.2 Å². The van der Waals surface area contributed by atoms with Crippen LogP contribution >= 0.6 is 12.4 Å². The molecule has 1 fully saturated rings. The first kappa shape index (κ1) is 16.4. The fraction of sp³-hybridized carbons (Fsp3) is 0.357. The summed E-state index contributed by atoms with van der Waals surface area (Å²) in [6.45, 7) is 3.33. The van der Waals surface area contributed by atoms with Gasteiger partial charge in [0.05, 0.1) is 12.7 Å². The second-order valence-electron chi connectivity index (χ2n) is 4.97. The molecule has 1 amide bonds. The topological polar surface area (TPSA) is 63.1 Å². The van der Waals surface area contributed by atoms with Gasteiger partial charge < -0.3 is 10.2 Å². The van der Waals surface area contributed by atoms with Crippen LogP contribution in [0.2, 0.25) is 0 Å². The molecule has 1 aliphatic heterocycles. The maximum Gasteiger partial charge on any atom is 0.276 e. The maximum atomic E-state index is 13.1. The van der Waals surface area contributed by atoms with E-state index in [0.29, 0.717) is 25.3 Å². The lowest BCUT2D eigenvalue weighted by atomic mass is 10.2. The highest BCUT2D eigenvalue weighted by atomic mass is 35.5. The molecular formula is C14H17ClFN5O. The number of benzene rings is 1. The highest BCUT2D eigenvalue weighted by molar-refractivity contribution is 5.92. The van der Waals surface area contributed by atoms with Gasteiger partial charge in [-0.1, -0.05) is 17.3 Å². The number of hydrogen-bond donors (Lipinski definition) is 1. The third-order valence-corrected chi connectivity index (χ3v) is 3.40. The van der Waals surface area contributed by atoms with Crippen molar-refractivity contribution in [2.45, 2.75) is 6.54 Å². The number of amides is 1. The van der Waals surface area contributed by atoms with Crippen LogP contribution in [0.3, 0.4) is 0 Å². The predicted octanol–water partition coefficient (Wildman–Crippen LogP) is 0.933. The van der Waals surface area contributed by atoms with Crippen molar-refractivity contribution in [2.75, 3.05) is 26.2 Å². The van der Waals surface area contributed by atoms with Crippen molar-refractivity contribution in [2.24, 2.45) is 0 Å². The third-order valence-electron chi connectivity index (χ3n) is 3.40. The number of carbonyl (C=O) groups excluding carboxylic acids is 1. The van der Waals surface area contributed by atoms with Crippen molar-refractivity contribution < 1.29 is 9.18 Å². The lowest BCUT2D eigenvalue weighted by Crippen LogP contribution is -2.46. The SMILES string of the molecule is Cl.O=C(c1cn(Cc2cccc(F)c2)nn1)N1CCNCC1. The molecule has 1 aliphatic rings. The molecular weight excluding hydrogens is 309 g/mol. The third kappa shape index (κ3) is 3.80. The quantitative estimate of drug-likeness (QED) is 0.912. The van der Waals surface area contributed by atoms with E-state index in [0.717, 1.165) is 18.7 Å². The molecule has 8 heteroatoms. The maximum absolute atomic E-state index is 13.1. The van der Waals surface area contributed by atoms with Crippen LogP contribution in [-0.4, -0.2) is 52.0 Å². The van der Waals surface area contributed by atoms with E-state index in [-0.39, 0.29) is 24.1 Å². The van der Waals surface area contributed by atoms with Crippen molar-refractivity contribution >= 4 is 18.3 Å². The van der Waals surface area contributed by atoms with Gasteiger partial charge in [-0.2, -0.15) is 0 Å². The minimum absolute atomic E-state index is 0. The normalized spacial score (nSPS) is 14.5. The summed E-state index contributed by atoms with van der Waals surface area (Å²) in [5.74, 6) is -0.397. The predicted molar refractivity (Wildman–Crippen MR) is 81.5 cm³/mol. The molecule has 0 bridgehead atoms. The summed E-state index contributed by atoms with van der Waals surface area (Å²) in [5.41, 5.74) is 1.11. The first-order valence-corrected chi connectivity index (χ1v) is 6.87. The molecule has 0 atom stereocenters. The van der Waals surface area contributed by atoms with Gasteiger partial charge in [-0.3, -0.25) is 4.79 Å². The van der Waals surface area contributed by atoms with E-state index in [9.17, 15) is 9.18 Å². The van der Waals surface area contributed by atoms with Gasteiger partial charge in [0.2, 0.25) is 0 Å². The van der Waals surface area contributed by atoms with Crippen LogP contribution in [-0.2, 0) is 6.54 Å². The zero-order chi connectivity index (χ0) is 14.7. The van der Waals surface area contributed by atoms with E-state index in [1.54, 1.807) is 21.8 Å². The van der Waals surface area contributed by atoms with E-state index < -0.39 is 0 Å². The summed E-state index contributed by atoms with van der Waals surface area (Å²) in [7, 11) is 0. The summed E-state index contributed by atoms with van der Waals surface area (Å²) >= 11 is 0. The van der Waals surface area contributed by atoms with Gasteiger partial charge in [0.1, 0.15) is 5.82 Å². The van der Waals surface area contributed by atoms with Crippen molar-refractivity contribution in [1.29, 1.82) is 0 Å². The molecule has 6 nitrogen and oxygen atoms in total. The molecule has 3 rings (SSSR count). The van der Waals surface area contributed by atoms with E-state index in [2.05, 4.69) is 15.6 Å². The summed E-state index contributed by atoms with van der Waals surface area (Å²) in [5, 5.41) is 11.0. The molecule has 0 aliphatic carbocycles. The largest absolute Gasteiger partial charge is 0.335 e. The number of halogens is 2. The van der Waals surface area contributed by atoms with E-state index in [1.165, 1.54) is 12.1 Å². The Morgan fingerprint density at radius 1 is 1.32 bits per heavy atom. The minimum atomic E-state index is -0.287. The molecule has 0 radical (unpaired) electrons.